The van der Waals surface area contributed by atoms with Gasteiger partial charge in [-0.15, -0.1) is 0 Å². The van der Waals surface area contributed by atoms with Crippen molar-refractivity contribution in [1.29, 1.82) is 0 Å². The SMILES string of the molecule is O=C(/C=C/c1ccc(Cl)c([N+](=O)[O-])c1)c1ccc(NC2=NCCCS2)cc1. The van der Waals surface area contributed by atoms with Crippen molar-refractivity contribution >= 4 is 51.8 Å². The van der Waals surface area contributed by atoms with Crippen LogP contribution in [-0.4, -0.2) is 28.2 Å². The number of nitro groups is 1. The molecule has 0 bridgehead atoms. The van der Waals surface area contributed by atoms with E-state index in [0.717, 1.165) is 29.6 Å². The number of carbonyl (C=O) groups excluding carboxylic acids is 1. The number of anilines is 1. The smallest absolute Gasteiger partial charge is 0.288 e. The van der Waals surface area contributed by atoms with Crippen molar-refractivity contribution in [2.24, 2.45) is 4.99 Å². The number of carbonyl (C=O) groups is 1. The van der Waals surface area contributed by atoms with Gasteiger partial charge in [-0.25, -0.2) is 0 Å². The van der Waals surface area contributed by atoms with Crippen LogP contribution < -0.4 is 5.32 Å². The van der Waals surface area contributed by atoms with Gasteiger partial charge in [0.05, 0.1) is 4.92 Å². The number of ketones is 1. The number of rotatable bonds is 5. The summed E-state index contributed by atoms with van der Waals surface area (Å²) < 4.78 is 0. The molecule has 2 aromatic rings. The van der Waals surface area contributed by atoms with Gasteiger partial charge in [0.2, 0.25) is 0 Å². The molecule has 0 saturated heterocycles. The van der Waals surface area contributed by atoms with Crippen LogP contribution in [0, 0.1) is 10.1 Å². The molecule has 0 radical (unpaired) electrons. The summed E-state index contributed by atoms with van der Waals surface area (Å²) >= 11 is 7.47. The van der Waals surface area contributed by atoms with Crippen molar-refractivity contribution in [2.45, 2.75) is 6.42 Å². The highest BCUT2D eigenvalue weighted by molar-refractivity contribution is 8.14. The van der Waals surface area contributed by atoms with Gasteiger partial charge < -0.3 is 5.32 Å². The standard InChI is InChI=1S/C19H16ClN3O3S/c20-16-8-2-13(12-17(16)23(25)26)3-9-18(24)14-4-6-15(7-5-14)22-19-21-10-1-11-27-19/h2-9,12H,1,10-11H2,(H,21,22)/b9-3+. The molecule has 0 saturated carbocycles. The summed E-state index contributed by atoms with van der Waals surface area (Å²) in [5.41, 5.74) is 1.74. The Morgan fingerprint density at radius 1 is 1.26 bits per heavy atom. The number of nitro benzene ring substituents is 1. The average molecular weight is 402 g/mol. The highest BCUT2D eigenvalue weighted by Crippen LogP contribution is 2.25. The van der Waals surface area contributed by atoms with E-state index in [1.807, 2.05) is 12.1 Å². The first-order valence-corrected chi connectivity index (χ1v) is 9.60. The number of aliphatic imine (C=N–C) groups is 1. The molecule has 1 aliphatic rings. The van der Waals surface area contributed by atoms with Crippen molar-refractivity contribution in [3.63, 3.8) is 0 Å². The molecule has 8 heteroatoms. The second-order valence-corrected chi connectivity index (χ2v) is 7.25. The zero-order chi connectivity index (χ0) is 19.2. The third-order valence-corrected chi connectivity index (χ3v) is 5.13. The lowest BCUT2D eigenvalue weighted by molar-refractivity contribution is -0.384. The number of hydrogen-bond donors (Lipinski definition) is 1. The minimum Gasteiger partial charge on any atom is -0.335 e. The van der Waals surface area contributed by atoms with Crippen LogP contribution in [0.3, 0.4) is 0 Å². The summed E-state index contributed by atoms with van der Waals surface area (Å²) in [6.45, 7) is 0.833. The molecule has 0 spiro atoms. The lowest BCUT2D eigenvalue weighted by Crippen LogP contribution is -2.13. The number of amidine groups is 1. The van der Waals surface area contributed by atoms with E-state index < -0.39 is 4.92 Å². The van der Waals surface area contributed by atoms with Gasteiger partial charge in [0, 0.05) is 29.6 Å². The zero-order valence-corrected chi connectivity index (χ0v) is 15.8. The van der Waals surface area contributed by atoms with E-state index in [4.69, 9.17) is 11.6 Å². The molecule has 0 amide bonds. The first-order chi connectivity index (χ1) is 13.0. The number of benzene rings is 2. The van der Waals surface area contributed by atoms with E-state index in [-0.39, 0.29) is 16.5 Å². The third-order valence-electron chi connectivity index (χ3n) is 3.81. The summed E-state index contributed by atoms with van der Waals surface area (Å²) in [4.78, 5) is 27.1. The van der Waals surface area contributed by atoms with Crippen LogP contribution in [0.5, 0.6) is 0 Å². The second kappa shape index (κ2) is 8.83. The minimum atomic E-state index is -0.553. The van der Waals surface area contributed by atoms with Gasteiger partial charge in [-0.2, -0.15) is 0 Å². The van der Waals surface area contributed by atoms with Crippen LogP contribution in [-0.2, 0) is 0 Å². The Labute approximate surface area is 165 Å². The topological polar surface area (TPSA) is 84.6 Å². The Hall–Kier alpha value is -2.64. The Kier molecular flexibility index (Phi) is 6.26. The van der Waals surface area contributed by atoms with Gasteiger partial charge in [-0.05, 0) is 48.4 Å². The van der Waals surface area contributed by atoms with Gasteiger partial charge in [-0.1, -0.05) is 35.5 Å². The van der Waals surface area contributed by atoms with E-state index in [2.05, 4.69) is 10.3 Å². The van der Waals surface area contributed by atoms with Crippen LogP contribution in [0.15, 0.2) is 53.5 Å². The average Bonchev–Trinajstić information content (AvgIpc) is 2.68. The molecular formula is C19H16ClN3O3S. The summed E-state index contributed by atoms with van der Waals surface area (Å²) in [5.74, 6) is 0.860. The van der Waals surface area contributed by atoms with Gasteiger partial charge in [-0.3, -0.25) is 19.9 Å². The van der Waals surface area contributed by atoms with Gasteiger partial charge >= 0.3 is 0 Å². The van der Waals surface area contributed by atoms with Crippen LogP contribution in [0.4, 0.5) is 11.4 Å². The van der Waals surface area contributed by atoms with Crippen LogP contribution in [0.1, 0.15) is 22.3 Å². The number of hydrogen-bond acceptors (Lipinski definition) is 6. The summed E-state index contributed by atoms with van der Waals surface area (Å²) in [7, 11) is 0. The molecular weight excluding hydrogens is 386 g/mol. The molecule has 0 unspecified atom stereocenters. The molecule has 0 atom stereocenters. The molecule has 138 valence electrons. The predicted molar refractivity (Wildman–Crippen MR) is 111 cm³/mol. The first kappa shape index (κ1) is 19.1. The van der Waals surface area contributed by atoms with Crippen LogP contribution in [0.2, 0.25) is 5.02 Å². The van der Waals surface area contributed by atoms with Crippen molar-refractivity contribution in [2.75, 3.05) is 17.6 Å². The fraction of sp³-hybridized carbons (Fsp3) is 0.158. The van der Waals surface area contributed by atoms with Crippen molar-refractivity contribution < 1.29 is 9.72 Å². The molecule has 1 aliphatic heterocycles. The number of allylic oxidation sites excluding steroid dienone is 1. The third kappa shape index (κ3) is 5.18. The normalized spacial score (nSPS) is 14.0. The lowest BCUT2D eigenvalue weighted by Gasteiger charge is -2.13. The fourth-order valence-electron chi connectivity index (χ4n) is 2.42. The Bertz CT molecular complexity index is 926. The first-order valence-electron chi connectivity index (χ1n) is 8.23. The second-order valence-electron chi connectivity index (χ2n) is 5.76. The highest BCUT2D eigenvalue weighted by atomic mass is 35.5. The van der Waals surface area contributed by atoms with Crippen LogP contribution in [0.25, 0.3) is 6.08 Å². The summed E-state index contributed by atoms with van der Waals surface area (Å²) in [6.07, 6.45) is 4.01. The Balaban J connectivity index is 1.67. The van der Waals surface area contributed by atoms with Gasteiger partial charge in [0.25, 0.3) is 5.69 Å². The molecule has 3 rings (SSSR count). The molecule has 0 aromatic heterocycles. The largest absolute Gasteiger partial charge is 0.335 e. The molecule has 1 N–H and O–H groups in total. The Morgan fingerprint density at radius 2 is 2.04 bits per heavy atom. The van der Waals surface area contributed by atoms with E-state index in [1.54, 1.807) is 30.0 Å². The maximum atomic E-state index is 12.3. The summed E-state index contributed by atoms with van der Waals surface area (Å²) in [5, 5.41) is 15.1. The van der Waals surface area contributed by atoms with Crippen LogP contribution >= 0.6 is 23.4 Å². The quantitative estimate of drug-likeness (QED) is 0.328. The van der Waals surface area contributed by atoms with Gasteiger partial charge in [0.15, 0.2) is 11.0 Å². The number of thioether (sulfide) groups is 1. The van der Waals surface area contributed by atoms with E-state index >= 15 is 0 Å². The highest BCUT2D eigenvalue weighted by Gasteiger charge is 2.12. The van der Waals surface area contributed by atoms with E-state index in [9.17, 15) is 14.9 Å². The number of halogens is 1. The maximum Gasteiger partial charge on any atom is 0.288 e. The van der Waals surface area contributed by atoms with Crippen molar-refractivity contribution in [3.8, 4) is 0 Å². The monoisotopic (exact) mass is 401 g/mol. The van der Waals surface area contributed by atoms with E-state index in [1.165, 1.54) is 24.3 Å². The fourth-order valence-corrected chi connectivity index (χ4v) is 3.44. The molecule has 1 heterocycles. The predicted octanol–water partition coefficient (Wildman–Crippen LogP) is 5.05. The lowest BCUT2D eigenvalue weighted by atomic mass is 10.1. The minimum absolute atomic E-state index is 0.0623. The number of nitrogens with zero attached hydrogens (tertiary/aromatic N) is 2. The molecule has 0 aliphatic carbocycles. The summed E-state index contributed by atoms with van der Waals surface area (Å²) in [6, 6.07) is 11.5. The molecule has 0 fully saturated rings. The van der Waals surface area contributed by atoms with Gasteiger partial charge in [0.1, 0.15) is 5.02 Å². The van der Waals surface area contributed by atoms with E-state index in [0.29, 0.717) is 11.1 Å². The maximum absolute atomic E-state index is 12.3. The number of nitrogens with one attached hydrogen (secondary N) is 1. The zero-order valence-electron chi connectivity index (χ0n) is 14.2. The van der Waals surface area contributed by atoms with Crippen molar-refractivity contribution in [3.05, 3.63) is 74.8 Å². The molecule has 2 aromatic carbocycles. The van der Waals surface area contributed by atoms with Crippen molar-refractivity contribution in [1.82, 2.24) is 0 Å². The molecule has 6 nitrogen and oxygen atoms in total. The Morgan fingerprint density at radius 3 is 2.70 bits per heavy atom. The molecule has 27 heavy (non-hydrogen) atoms.